The molecular formula is C20H17N3. The fraction of sp³-hybridized carbons (Fsp3) is 0.100. The van der Waals surface area contributed by atoms with Gasteiger partial charge in [-0.25, -0.2) is 9.97 Å². The van der Waals surface area contributed by atoms with E-state index in [1.165, 1.54) is 11.1 Å². The van der Waals surface area contributed by atoms with Crippen molar-refractivity contribution in [2.24, 2.45) is 0 Å². The predicted octanol–water partition coefficient (Wildman–Crippen LogP) is 4.41. The lowest BCUT2D eigenvalue weighted by Crippen LogP contribution is -1.91. The third kappa shape index (κ3) is 2.99. The molecule has 0 fully saturated rings. The number of pyridine rings is 1. The Morgan fingerprint density at radius 1 is 0.739 bits per heavy atom. The highest BCUT2D eigenvalue weighted by Gasteiger charge is 2.05. The van der Waals surface area contributed by atoms with Gasteiger partial charge in [-0.2, -0.15) is 0 Å². The SMILES string of the molecule is c1ccc(CCc2ccc(-c3nc4ncccc4[nH]3)cc2)cc1. The largest absolute Gasteiger partial charge is 0.337 e. The molecule has 23 heavy (non-hydrogen) atoms. The number of hydrogen-bond acceptors (Lipinski definition) is 2. The smallest absolute Gasteiger partial charge is 0.178 e. The summed E-state index contributed by atoms with van der Waals surface area (Å²) in [7, 11) is 0. The number of rotatable bonds is 4. The van der Waals surface area contributed by atoms with Gasteiger partial charge in [0, 0.05) is 11.8 Å². The van der Waals surface area contributed by atoms with Crippen LogP contribution < -0.4 is 0 Å². The Morgan fingerprint density at radius 2 is 1.48 bits per heavy atom. The zero-order valence-corrected chi connectivity index (χ0v) is 12.7. The maximum absolute atomic E-state index is 4.54. The Hall–Kier alpha value is -2.94. The minimum absolute atomic E-state index is 0.760. The van der Waals surface area contributed by atoms with Crippen LogP contribution >= 0.6 is 0 Å². The summed E-state index contributed by atoms with van der Waals surface area (Å²) in [6, 6.07) is 23.1. The summed E-state index contributed by atoms with van der Waals surface area (Å²) in [5.74, 6) is 0.869. The topological polar surface area (TPSA) is 41.6 Å². The third-order valence-electron chi connectivity index (χ3n) is 4.03. The van der Waals surface area contributed by atoms with Crippen LogP contribution in [0.15, 0.2) is 72.9 Å². The van der Waals surface area contributed by atoms with Crippen molar-refractivity contribution in [1.29, 1.82) is 0 Å². The number of aromatic nitrogens is 3. The molecule has 0 unspecified atom stereocenters. The molecule has 0 aliphatic carbocycles. The van der Waals surface area contributed by atoms with Crippen molar-refractivity contribution >= 4 is 11.2 Å². The Labute approximate surface area is 135 Å². The molecule has 4 aromatic rings. The summed E-state index contributed by atoms with van der Waals surface area (Å²) >= 11 is 0. The fourth-order valence-corrected chi connectivity index (χ4v) is 2.74. The van der Waals surface area contributed by atoms with E-state index >= 15 is 0 Å². The first-order valence-electron chi connectivity index (χ1n) is 7.82. The standard InChI is InChI=1S/C20H17N3/c1-2-5-15(6-3-1)8-9-16-10-12-17(13-11-16)19-22-18-7-4-14-21-20(18)23-19/h1-7,10-14H,8-9H2,(H,21,22,23). The predicted molar refractivity (Wildman–Crippen MR) is 93.2 cm³/mol. The number of H-pyrrole nitrogens is 1. The van der Waals surface area contributed by atoms with Crippen LogP contribution in [-0.4, -0.2) is 15.0 Å². The van der Waals surface area contributed by atoms with Crippen molar-refractivity contribution < 1.29 is 0 Å². The summed E-state index contributed by atoms with van der Waals surface area (Å²) in [5.41, 5.74) is 5.53. The molecular weight excluding hydrogens is 282 g/mol. The molecule has 1 N–H and O–H groups in total. The van der Waals surface area contributed by atoms with Crippen molar-refractivity contribution in [3.8, 4) is 11.4 Å². The number of aromatic amines is 1. The number of aryl methyl sites for hydroxylation is 2. The van der Waals surface area contributed by atoms with Gasteiger partial charge in [-0.15, -0.1) is 0 Å². The Balaban J connectivity index is 1.51. The van der Waals surface area contributed by atoms with Crippen molar-refractivity contribution in [2.45, 2.75) is 12.8 Å². The number of fused-ring (bicyclic) bond motifs is 1. The van der Waals surface area contributed by atoms with E-state index in [-0.39, 0.29) is 0 Å². The molecule has 2 aromatic heterocycles. The van der Waals surface area contributed by atoms with E-state index in [2.05, 4.69) is 69.5 Å². The molecule has 0 atom stereocenters. The molecule has 3 nitrogen and oxygen atoms in total. The second kappa shape index (κ2) is 6.05. The van der Waals surface area contributed by atoms with Gasteiger partial charge in [0.2, 0.25) is 0 Å². The average molecular weight is 299 g/mol. The normalized spacial score (nSPS) is 11.0. The van der Waals surface area contributed by atoms with Crippen molar-refractivity contribution in [1.82, 2.24) is 15.0 Å². The molecule has 0 amide bonds. The van der Waals surface area contributed by atoms with Gasteiger partial charge in [0.05, 0.1) is 5.52 Å². The first-order valence-corrected chi connectivity index (χ1v) is 7.82. The molecule has 0 spiro atoms. The maximum Gasteiger partial charge on any atom is 0.178 e. The minimum Gasteiger partial charge on any atom is -0.337 e. The molecule has 0 aliphatic heterocycles. The molecule has 0 saturated heterocycles. The van der Waals surface area contributed by atoms with Gasteiger partial charge in [0.25, 0.3) is 0 Å². The van der Waals surface area contributed by atoms with Crippen LogP contribution in [0.5, 0.6) is 0 Å². The van der Waals surface area contributed by atoms with Crippen molar-refractivity contribution in [3.05, 3.63) is 84.1 Å². The van der Waals surface area contributed by atoms with Crippen LogP contribution in [0.4, 0.5) is 0 Å². The monoisotopic (exact) mass is 299 g/mol. The first kappa shape index (κ1) is 13.7. The molecule has 0 aliphatic rings. The molecule has 0 bridgehead atoms. The lowest BCUT2D eigenvalue weighted by atomic mass is 10.0. The lowest BCUT2D eigenvalue weighted by Gasteiger charge is -2.03. The maximum atomic E-state index is 4.54. The summed E-state index contributed by atoms with van der Waals surface area (Å²) in [6.45, 7) is 0. The lowest BCUT2D eigenvalue weighted by molar-refractivity contribution is 0.960. The highest BCUT2D eigenvalue weighted by Crippen LogP contribution is 2.20. The molecule has 112 valence electrons. The Bertz CT molecular complexity index is 875. The van der Waals surface area contributed by atoms with E-state index in [0.717, 1.165) is 35.4 Å². The van der Waals surface area contributed by atoms with E-state index in [0.29, 0.717) is 0 Å². The van der Waals surface area contributed by atoms with Gasteiger partial charge in [-0.1, -0.05) is 54.6 Å². The van der Waals surface area contributed by atoms with Crippen molar-refractivity contribution in [3.63, 3.8) is 0 Å². The average Bonchev–Trinajstić information content (AvgIpc) is 3.05. The molecule has 2 aromatic carbocycles. The van der Waals surface area contributed by atoms with E-state index < -0.39 is 0 Å². The molecule has 4 rings (SSSR count). The van der Waals surface area contributed by atoms with E-state index in [1.807, 2.05) is 12.1 Å². The number of hydrogen-bond donors (Lipinski definition) is 1. The number of nitrogens with one attached hydrogen (secondary N) is 1. The first-order chi connectivity index (χ1) is 11.4. The van der Waals surface area contributed by atoms with Crippen LogP contribution in [0.1, 0.15) is 11.1 Å². The van der Waals surface area contributed by atoms with E-state index in [1.54, 1.807) is 6.20 Å². The van der Waals surface area contributed by atoms with Gasteiger partial charge in [0.15, 0.2) is 5.65 Å². The zero-order valence-electron chi connectivity index (χ0n) is 12.7. The van der Waals surface area contributed by atoms with Crippen LogP contribution in [-0.2, 0) is 12.8 Å². The second-order valence-corrected chi connectivity index (χ2v) is 5.64. The number of benzene rings is 2. The highest BCUT2D eigenvalue weighted by molar-refractivity contribution is 5.75. The number of imidazole rings is 1. The minimum atomic E-state index is 0.760. The van der Waals surface area contributed by atoms with Gasteiger partial charge in [0.1, 0.15) is 5.82 Å². The zero-order chi connectivity index (χ0) is 15.5. The van der Waals surface area contributed by atoms with Gasteiger partial charge >= 0.3 is 0 Å². The molecule has 2 heterocycles. The molecule has 0 radical (unpaired) electrons. The Morgan fingerprint density at radius 3 is 2.22 bits per heavy atom. The van der Waals surface area contributed by atoms with E-state index in [9.17, 15) is 0 Å². The summed E-state index contributed by atoms with van der Waals surface area (Å²) in [4.78, 5) is 12.1. The fourth-order valence-electron chi connectivity index (χ4n) is 2.74. The summed E-state index contributed by atoms with van der Waals surface area (Å²) in [6.07, 6.45) is 3.88. The summed E-state index contributed by atoms with van der Waals surface area (Å²) in [5, 5.41) is 0. The van der Waals surface area contributed by atoms with Gasteiger partial charge < -0.3 is 4.98 Å². The second-order valence-electron chi connectivity index (χ2n) is 5.64. The van der Waals surface area contributed by atoms with Crippen LogP contribution in [0.3, 0.4) is 0 Å². The van der Waals surface area contributed by atoms with Crippen molar-refractivity contribution in [2.75, 3.05) is 0 Å². The third-order valence-corrected chi connectivity index (χ3v) is 4.03. The Kier molecular flexibility index (Phi) is 3.60. The quantitative estimate of drug-likeness (QED) is 0.606. The van der Waals surface area contributed by atoms with Crippen LogP contribution in [0.25, 0.3) is 22.6 Å². The highest BCUT2D eigenvalue weighted by atomic mass is 15.0. The number of nitrogens with zero attached hydrogens (tertiary/aromatic N) is 2. The van der Waals surface area contributed by atoms with Gasteiger partial charge in [-0.05, 0) is 36.1 Å². The molecule has 0 saturated carbocycles. The molecule has 3 heteroatoms. The van der Waals surface area contributed by atoms with Crippen LogP contribution in [0.2, 0.25) is 0 Å². The van der Waals surface area contributed by atoms with E-state index in [4.69, 9.17) is 0 Å². The summed E-state index contributed by atoms with van der Waals surface area (Å²) < 4.78 is 0. The van der Waals surface area contributed by atoms with Crippen LogP contribution in [0, 0.1) is 0 Å². The van der Waals surface area contributed by atoms with Gasteiger partial charge in [-0.3, -0.25) is 0 Å².